The van der Waals surface area contributed by atoms with Crippen molar-refractivity contribution in [1.82, 2.24) is 0 Å². The number of carbonyl (C=O) groups is 2. The van der Waals surface area contributed by atoms with E-state index in [9.17, 15) is 9.59 Å². The second kappa shape index (κ2) is 4.69. The van der Waals surface area contributed by atoms with Crippen LogP contribution in [0.15, 0.2) is 0 Å². The van der Waals surface area contributed by atoms with Crippen LogP contribution in [0.2, 0.25) is 0 Å². The number of carbonyl (C=O) groups excluding carboxylic acids is 2. The fourth-order valence-electron chi connectivity index (χ4n) is 2.21. The summed E-state index contributed by atoms with van der Waals surface area (Å²) in [5.41, 5.74) is 0. The van der Waals surface area contributed by atoms with Crippen LogP contribution in [-0.4, -0.2) is 15.6 Å². The summed E-state index contributed by atoms with van der Waals surface area (Å²) in [7, 11) is 0. The minimum Gasteiger partial charge on any atom is -0.299 e. The molecule has 2 unspecified atom stereocenters. The van der Waals surface area contributed by atoms with Gasteiger partial charge in [0.1, 0.15) is 5.78 Å². The van der Waals surface area contributed by atoms with Crippen molar-refractivity contribution in [2.24, 2.45) is 11.8 Å². The molecule has 0 radical (unpaired) electrons. The Kier molecular flexibility index (Phi) is 3.99. The summed E-state index contributed by atoms with van der Waals surface area (Å²) in [6.07, 6.45) is 2.69. The fraction of sp³-hybridized carbons (Fsp3) is 0.833. The lowest BCUT2D eigenvalue weighted by Gasteiger charge is -2.36. The Bertz CT molecular complexity index is 271. The molecular weight excluding hydrogens is 208 g/mol. The first-order chi connectivity index (χ1) is 6.83. The van der Waals surface area contributed by atoms with Crippen LogP contribution in [-0.2, 0) is 9.59 Å². The van der Waals surface area contributed by atoms with Gasteiger partial charge in [-0.3, -0.25) is 9.59 Å². The molecular formula is C12H20O2S. The van der Waals surface area contributed by atoms with Crippen LogP contribution in [0.1, 0.15) is 47.0 Å². The van der Waals surface area contributed by atoms with Crippen molar-refractivity contribution in [3.63, 3.8) is 0 Å². The number of Topliss-reactive ketones (excluding diaryl/α,β-unsaturated/α-hetero) is 1. The van der Waals surface area contributed by atoms with Gasteiger partial charge >= 0.3 is 0 Å². The van der Waals surface area contributed by atoms with E-state index in [0.717, 1.165) is 12.8 Å². The van der Waals surface area contributed by atoms with Crippen molar-refractivity contribution in [1.29, 1.82) is 0 Å². The van der Waals surface area contributed by atoms with Crippen LogP contribution in [0, 0.1) is 11.8 Å². The van der Waals surface area contributed by atoms with Crippen LogP contribution in [0.25, 0.3) is 0 Å². The molecule has 3 heteroatoms. The van der Waals surface area contributed by atoms with Crippen LogP contribution >= 0.6 is 11.8 Å². The summed E-state index contributed by atoms with van der Waals surface area (Å²) < 4.78 is -0.0956. The molecule has 1 rings (SSSR count). The molecule has 0 aliphatic heterocycles. The van der Waals surface area contributed by atoms with E-state index in [-0.39, 0.29) is 15.8 Å². The highest BCUT2D eigenvalue weighted by molar-refractivity contribution is 8.14. The zero-order valence-corrected chi connectivity index (χ0v) is 10.8. The predicted molar refractivity (Wildman–Crippen MR) is 63.9 cm³/mol. The van der Waals surface area contributed by atoms with Gasteiger partial charge < -0.3 is 0 Å². The molecule has 0 heterocycles. The van der Waals surface area contributed by atoms with E-state index >= 15 is 0 Å². The summed E-state index contributed by atoms with van der Waals surface area (Å²) >= 11 is 1.38. The Morgan fingerprint density at radius 3 is 2.47 bits per heavy atom. The Balaban J connectivity index is 2.64. The standard InChI is InChI=1S/C12H20O2S/c1-8-5-6-10(7-11(8)14)12(3,4)15-9(2)13/h8,10H,5-7H2,1-4H3. The third-order valence-electron chi connectivity index (χ3n) is 3.34. The first-order valence-corrected chi connectivity index (χ1v) is 6.37. The second-order valence-corrected chi connectivity index (χ2v) is 6.87. The Morgan fingerprint density at radius 2 is 2.00 bits per heavy atom. The third kappa shape index (κ3) is 3.33. The maximum absolute atomic E-state index is 11.6. The minimum absolute atomic E-state index is 0.0956. The van der Waals surface area contributed by atoms with Crippen LogP contribution < -0.4 is 0 Å². The van der Waals surface area contributed by atoms with Gasteiger partial charge in [-0.2, -0.15) is 0 Å². The molecule has 86 valence electrons. The zero-order valence-electron chi connectivity index (χ0n) is 10.0. The molecule has 0 bridgehead atoms. The quantitative estimate of drug-likeness (QED) is 0.728. The molecule has 2 nitrogen and oxygen atoms in total. The average Bonchev–Trinajstić information content (AvgIpc) is 2.07. The Hall–Kier alpha value is -0.310. The largest absolute Gasteiger partial charge is 0.299 e. The molecule has 1 saturated carbocycles. The van der Waals surface area contributed by atoms with Gasteiger partial charge in [0.2, 0.25) is 0 Å². The number of rotatable bonds is 2. The third-order valence-corrected chi connectivity index (χ3v) is 4.48. The van der Waals surface area contributed by atoms with Gasteiger partial charge in [0.15, 0.2) is 5.12 Å². The SMILES string of the molecule is CC(=O)SC(C)(C)C1CCC(C)C(=O)C1. The van der Waals surface area contributed by atoms with E-state index in [0.29, 0.717) is 18.1 Å². The highest BCUT2D eigenvalue weighted by Gasteiger charge is 2.37. The molecule has 0 aromatic carbocycles. The molecule has 1 aliphatic carbocycles. The van der Waals surface area contributed by atoms with E-state index in [1.807, 2.05) is 6.92 Å². The lowest BCUT2D eigenvalue weighted by molar-refractivity contribution is -0.125. The monoisotopic (exact) mass is 228 g/mol. The van der Waals surface area contributed by atoms with Gasteiger partial charge in [-0.25, -0.2) is 0 Å². The molecule has 0 spiro atoms. The van der Waals surface area contributed by atoms with E-state index in [2.05, 4.69) is 13.8 Å². The van der Waals surface area contributed by atoms with Crippen molar-refractivity contribution in [3.05, 3.63) is 0 Å². The lowest BCUT2D eigenvalue weighted by atomic mass is 9.76. The normalized spacial score (nSPS) is 27.9. The van der Waals surface area contributed by atoms with E-state index < -0.39 is 0 Å². The zero-order chi connectivity index (χ0) is 11.6. The number of hydrogen-bond donors (Lipinski definition) is 0. The molecule has 0 aromatic rings. The summed E-state index contributed by atoms with van der Waals surface area (Å²) in [6.45, 7) is 7.75. The topological polar surface area (TPSA) is 34.1 Å². The van der Waals surface area contributed by atoms with Gasteiger partial charge in [-0.05, 0) is 32.6 Å². The fourth-order valence-corrected chi connectivity index (χ4v) is 3.31. The van der Waals surface area contributed by atoms with Crippen LogP contribution in [0.5, 0.6) is 0 Å². The summed E-state index contributed by atoms with van der Waals surface area (Å²) in [6, 6.07) is 0. The maximum Gasteiger partial charge on any atom is 0.186 e. The second-order valence-electron chi connectivity index (χ2n) is 5.04. The van der Waals surface area contributed by atoms with Crippen LogP contribution in [0.3, 0.4) is 0 Å². The van der Waals surface area contributed by atoms with Gasteiger partial charge in [0, 0.05) is 24.0 Å². The first-order valence-electron chi connectivity index (χ1n) is 5.55. The first kappa shape index (κ1) is 12.8. The number of thioether (sulfide) groups is 1. The highest BCUT2D eigenvalue weighted by atomic mass is 32.2. The molecule has 15 heavy (non-hydrogen) atoms. The summed E-state index contributed by atoms with van der Waals surface area (Å²) in [4.78, 5) is 22.8. The smallest absolute Gasteiger partial charge is 0.186 e. The van der Waals surface area contributed by atoms with Crippen molar-refractivity contribution < 1.29 is 9.59 Å². The average molecular weight is 228 g/mol. The Labute approximate surface area is 96.2 Å². The van der Waals surface area contributed by atoms with E-state index in [1.54, 1.807) is 6.92 Å². The van der Waals surface area contributed by atoms with Gasteiger partial charge in [0.25, 0.3) is 0 Å². The van der Waals surface area contributed by atoms with Gasteiger partial charge in [-0.1, -0.05) is 18.7 Å². The van der Waals surface area contributed by atoms with Crippen molar-refractivity contribution in [2.45, 2.75) is 51.7 Å². The number of ketones is 1. The van der Waals surface area contributed by atoms with Crippen molar-refractivity contribution in [3.8, 4) is 0 Å². The molecule has 2 atom stereocenters. The molecule has 0 N–H and O–H groups in total. The van der Waals surface area contributed by atoms with Crippen molar-refractivity contribution in [2.75, 3.05) is 0 Å². The molecule has 1 aliphatic rings. The van der Waals surface area contributed by atoms with E-state index in [1.165, 1.54) is 11.8 Å². The molecule has 1 fully saturated rings. The molecule has 0 amide bonds. The molecule has 0 saturated heterocycles. The Morgan fingerprint density at radius 1 is 1.40 bits per heavy atom. The molecule has 0 aromatic heterocycles. The predicted octanol–water partition coefficient (Wildman–Crippen LogP) is 3.05. The number of hydrogen-bond acceptors (Lipinski definition) is 3. The van der Waals surface area contributed by atoms with E-state index in [4.69, 9.17) is 0 Å². The van der Waals surface area contributed by atoms with Gasteiger partial charge in [0.05, 0.1) is 0 Å². The highest BCUT2D eigenvalue weighted by Crippen LogP contribution is 2.41. The lowest BCUT2D eigenvalue weighted by Crippen LogP contribution is -2.35. The summed E-state index contributed by atoms with van der Waals surface area (Å²) in [5.74, 6) is 0.943. The van der Waals surface area contributed by atoms with Crippen LogP contribution in [0.4, 0.5) is 0 Å². The maximum atomic E-state index is 11.6. The minimum atomic E-state index is -0.0956. The van der Waals surface area contributed by atoms with Crippen molar-refractivity contribution >= 4 is 22.7 Å². The summed E-state index contributed by atoms with van der Waals surface area (Å²) in [5, 5.41) is 0.145. The van der Waals surface area contributed by atoms with Gasteiger partial charge in [-0.15, -0.1) is 0 Å².